The highest BCUT2D eigenvalue weighted by molar-refractivity contribution is 6.35. The SMILES string of the molecule is CCNCc1cccc(NC(=O)c2cccc(C)c2Cl)c1. The monoisotopic (exact) mass is 302 g/mol. The predicted molar refractivity (Wildman–Crippen MR) is 88.0 cm³/mol. The Hall–Kier alpha value is -1.84. The van der Waals surface area contributed by atoms with Crippen LogP contribution in [0.1, 0.15) is 28.4 Å². The third-order valence-electron chi connectivity index (χ3n) is 3.20. The van der Waals surface area contributed by atoms with Crippen LogP contribution in [0.4, 0.5) is 5.69 Å². The van der Waals surface area contributed by atoms with Crippen LogP contribution in [0.5, 0.6) is 0 Å². The molecule has 110 valence electrons. The van der Waals surface area contributed by atoms with Crippen molar-refractivity contribution in [2.24, 2.45) is 0 Å². The van der Waals surface area contributed by atoms with Crippen LogP contribution < -0.4 is 10.6 Å². The number of nitrogens with one attached hydrogen (secondary N) is 2. The minimum absolute atomic E-state index is 0.190. The smallest absolute Gasteiger partial charge is 0.257 e. The molecule has 0 bridgehead atoms. The van der Waals surface area contributed by atoms with Crippen molar-refractivity contribution in [3.63, 3.8) is 0 Å². The number of carbonyl (C=O) groups is 1. The maximum absolute atomic E-state index is 12.3. The quantitative estimate of drug-likeness (QED) is 0.876. The van der Waals surface area contributed by atoms with Gasteiger partial charge in [-0.1, -0.05) is 42.8 Å². The van der Waals surface area contributed by atoms with Crippen LogP contribution in [-0.4, -0.2) is 12.5 Å². The largest absolute Gasteiger partial charge is 0.322 e. The number of benzene rings is 2. The summed E-state index contributed by atoms with van der Waals surface area (Å²) in [4.78, 5) is 12.3. The molecular formula is C17H19ClN2O. The van der Waals surface area contributed by atoms with E-state index in [0.717, 1.165) is 29.9 Å². The molecule has 0 aromatic heterocycles. The summed E-state index contributed by atoms with van der Waals surface area (Å²) in [6.07, 6.45) is 0. The Bertz CT molecular complexity index is 640. The second-order valence-corrected chi connectivity index (χ2v) is 5.25. The molecule has 4 heteroatoms. The number of aryl methyl sites for hydroxylation is 1. The molecule has 0 spiro atoms. The molecule has 0 saturated carbocycles. The Labute approximate surface area is 130 Å². The number of anilines is 1. The summed E-state index contributed by atoms with van der Waals surface area (Å²) in [5.41, 5.74) is 3.29. The molecule has 1 amide bonds. The fourth-order valence-corrected chi connectivity index (χ4v) is 2.26. The number of halogens is 1. The summed E-state index contributed by atoms with van der Waals surface area (Å²) in [6.45, 7) is 5.64. The van der Waals surface area contributed by atoms with E-state index in [0.29, 0.717) is 10.6 Å². The fourth-order valence-electron chi connectivity index (χ4n) is 2.05. The number of carbonyl (C=O) groups excluding carboxylic acids is 1. The van der Waals surface area contributed by atoms with Crippen LogP contribution in [-0.2, 0) is 6.54 Å². The molecule has 0 fully saturated rings. The van der Waals surface area contributed by atoms with Crippen molar-refractivity contribution in [2.45, 2.75) is 20.4 Å². The van der Waals surface area contributed by atoms with E-state index in [9.17, 15) is 4.79 Å². The zero-order valence-electron chi connectivity index (χ0n) is 12.2. The van der Waals surface area contributed by atoms with Gasteiger partial charge in [-0.2, -0.15) is 0 Å². The molecule has 0 heterocycles. The van der Waals surface area contributed by atoms with Gasteiger partial charge in [0.1, 0.15) is 0 Å². The van der Waals surface area contributed by atoms with Gasteiger partial charge < -0.3 is 10.6 Å². The zero-order valence-corrected chi connectivity index (χ0v) is 13.0. The number of hydrogen-bond acceptors (Lipinski definition) is 2. The predicted octanol–water partition coefficient (Wildman–Crippen LogP) is 4.01. The van der Waals surface area contributed by atoms with Gasteiger partial charge in [0.25, 0.3) is 5.91 Å². The number of amides is 1. The maximum atomic E-state index is 12.3. The highest BCUT2D eigenvalue weighted by Crippen LogP contribution is 2.21. The highest BCUT2D eigenvalue weighted by atomic mass is 35.5. The average Bonchev–Trinajstić information content (AvgIpc) is 2.48. The van der Waals surface area contributed by atoms with Crippen LogP contribution in [0.2, 0.25) is 5.02 Å². The number of rotatable bonds is 5. The minimum Gasteiger partial charge on any atom is -0.322 e. The van der Waals surface area contributed by atoms with Gasteiger partial charge in [-0.15, -0.1) is 0 Å². The first-order valence-corrected chi connectivity index (χ1v) is 7.35. The molecule has 21 heavy (non-hydrogen) atoms. The first-order valence-electron chi connectivity index (χ1n) is 6.98. The molecule has 0 atom stereocenters. The third-order valence-corrected chi connectivity index (χ3v) is 3.70. The Balaban J connectivity index is 2.14. The topological polar surface area (TPSA) is 41.1 Å². The summed E-state index contributed by atoms with van der Waals surface area (Å²) < 4.78 is 0. The first-order chi connectivity index (χ1) is 10.1. The van der Waals surface area contributed by atoms with E-state index < -0.39 is 0 Å². The standard InChI is InChI=1S/C17H19ClN2O/c1-3-19-11-13-7-5-8-14(10-13)20-17(21)15-9-4-6-12(2)16(15)18/h4-10,19H,3,11H2,1-2H3,(H,20,21). The summed E-state index contributed by atoms with van der Waals surface area (Å²) >= 11 is 6.18. The lowest BCUT2D eigenvalue weighted by molar-refractivity contribution is 0.102. The van der Waals surface area contributed by atoms with E-state index in [1.165, 1.54) is 0 Å². The third kappa shape index (κ3) is 4.06. The van der Waals surface area contributed by atoms with Crippen molar-refractivity contribution in [1.29, 1.82) is 0 Å². The Morgan fingerprint density at radius 3 is 2.71 bits per heavy atom. The van der Waals surface area contributed by atoms with Gasteiger partial charge in [0.2, 0.25) is 0 Å². The minimum atomic E-state index is -0.190. The average molecular weight is 303 g/mol. The van der Waals surface area contributed by atoms with Crippen LogP contribution in [0.3, 0.4) is 0 Å². The van der Waals surface area contributed by atoms with Crippen molar-refractivity contribution in [3.8, 4) is 0 Å². The molecule has 2 aromatic carbocycles. The van der Waals surface area contributed by atoms with Crippen molar-refractivity contribution < 1.29 is 4.79 Å². The van der Waals surface area contributed by atoms with E-state index in [4.69, 9.17) is 11.6 Å². The van der Waals surface area contributed by atoms with Gasteiger partial charge in [0.15, 0.2) is 0 Å². The molecule has 0 aliphatic rings. The van der Waals surface area contributed by atoms with Gasteiger partial charge in [0.05, 0.1) is 10.6 Å². The Morgan fingerprint density at radius 2 is 1.95 bits per heavy atom. The lowest BCUT2D eigenvalue weighted by Gasteiger charge is -2.10. The van der Waals surface area contributed by atoms with Crippen molar-refractivity contribution >= 4 is 23.2 Å². The van der Waals surface area contributed by atoms with Gasteiger partial charge in [0, 0.05) is 12.2 Å². The van der Waals surface area contributed by atoms with Crippen LogP contribution in [0.15, 0.2) is 42.5 Å². The maximum Gasteiger partial charge on any atom is 0.257 e. The zero-order chi connectivity index (χ0) is 15.2. The van der Waals surface area contributed by atoms with E-state index in [2.05, 4.69) is 17.6 Å². The van der Waals surface area contributed by atoms with E-state index in [1.807, 2.05) is 43.3 Å². The van der Waals surface area contributed by atoms with Gasteiger partial charge in [-0.3, -0.25) is 4.79 Å². The Morgan fingerprint density at radius 1 is 1.19 bits per heavy atom. The highest BCUT2D eigenvalue weighted by Gasteiger charge is 2.11. The van der Waals surface area contributed by atoms with Crippen LogP contribution in [0.25, 0.3) is 0 Å². The fraction of sp³-hybridized carbons (Fsp3) is 0.235. The summed E-state index contributed by atoms with van der Waals surface area (Å²) in [5.74, 6) is -0.190. The summed E-state index contributed by atoms with van der Waals surface area (Å²) in [6, 6.07) is 13.2. The van der Waals surface area contributed by atoms with Crippen molar-refractivity contribution in [1.82, 2.24) is 5.32 Å². The second-order valence-electron chi connectivity index (χ2n) is 4.87. The molecular weight excluding hydrogens is 284 g/mol. The molecule has 2 N–H and O–H groups in total. The molecule has 2 rings (SSSR count). The van der Waals surface area contributed by atoms with Crippen molar-refractivity contribution in [2.75, 3.05) is 11.9 Å². The number of hydrogen-bond donors (Lipinski definition) is 2. The normalized spacial score (nSPS) is 10.4. The van der Waals surface area contributed by atoms with E-state index in [1.54, 1.807) is 6.07 Å². The molecule has 3 nitrogen and oxygen atoms in total. The van der Waals surface area contributed by atoms with Gasteiger partial charge >= 0.3 is 0 Å². The van der Waals surface area contributed by atoms with Gasteiger partial charge in [-0.05, 0) is 42.8 Å². The lowest BCUT2D eigenvalue weighted by atomic mass is 10.1. The van der Waals surface area contributed by atoms with Crippen LogP contribution >= 0.6 is 11.6 Å². The molecule has 0 unspecified atom stereocenters. The Kier molecular flexibility index (Phi) is 5.37. The van der Waals surface area contributed by atoms with Crippen LogP contribution in [0, 0.1) is 6.92 Å². The first kappa shape index (κ1) is 15.5. The molecule has 2 aromatic rings. The molecule has 0 aliphatic carbocycles. The second kappa shape index (κ2) is 7.25. The summed E-state index contributed by atoms with van der Waals surface area (Å²) in [7, 11) is 0. The molecule has 0 radical (unpaired) electrons. The van der Waals surface area contributed by atoms with Crippen molar-refractivity contribution in [3.05, 3.63) is 64.2 Å². The van der Waals surface area contributed by atoms with E-state index in [-0.39, 0.29) is 5.91 Å². The van der Waals surface area contributed by atoms with E-state index >= 15 is 0 Å². The van der Waals surface area contributed by atoms with Gasteiger partial charge in [-0.25, -0.2) is 0 Å². The summed E-state index contributed by atoms with van der Waals surface area (Å²) in [5, 5.41) is 6.65. The molecule has 0 saturated heterocycles. The lowest BCUT2D eigenvalue weighted by Crippen LogP contribution is -2.14. The molecule has 0 aliphatic heterocycles.